The molecule has 1 aliphatic carbocycles. The summed E-state index contributed by atoms with van der Waals surface area (Å²) in [5.74, 6) is -0.926. The highest BCUT2D eigenvalue weighted by molar-refractivity contribution is 9.10. The van der Waals surface area contributed by atoms with Crippen LogP contribution in [0, 0.1) is 0 Å². The van der Waals surface area contributed by atoms with Gasteiger partial charge in [-0.1, -0.05) is 24.3 Å². The maximum absolute atomic E-state index is 12.8. The van der Waals surface area contributed by atoms with Crippen LogP contribution in [-0.2, 0) is 27.7 Å². The number of hydrogen-bond acceptors (Lipinski definition) is 5. The van der Waals surface area contributed by atoms with Crippen LogP contribution in [0.2, 0.25) is 0 Å². The number of fused-ring (bicyclic) bond motifs is 1. The monoisotopic (exact) mass is 542 g/mol. The van der Waals surface area contributed by atoms with Gasteiger partial charge in [0.05, 0.1) is 9.37 Å². The van der Waals surface area contributed by atoms with Gasteiger partial charge in [0.1, 0.15) is 0 Å². The van der Waals surface area contributed by atoms with Gasteiger partial charge in [-0.3, -0.25) is 4.79 Å². The number of amides is 1. The van der Waals surface area contributed by atoms with E-state index in [1.165, 1.54) is 35.3 Å². The summed E-state index contributed by atoms with van der Waals surface area (Å²) >= 11 is 3.13. The van der Waals surface area contributed by atoms with Gasteiger partial charge in [-0.15, -0.1) is 0 Å². The van der Waals surface area contributed by atoms with Crippen molar-refractivity contribution in [2.45, 2.75) is 23.8 Å². The number of likely N-dealkylation sites (N-methyl/N-ethyl adjacent to an activating group) is 1. The number of hydrogen-bond donors (Lipinski definition) is 3. The third-order valence-electron chi connectivity index (χ3n) is 5.72. The lowest BCUT2D eigenvalue weighted by Crippen LogP contribution is -2.35. The van der Waals surface area contributed by atoms with E-state index in [9.17, 15) is 23.4 Å². The molecule has 0 radical (unpaired) electrons. The molecule has 0 bridgehead atoms. The van der Waals surface area contributed by atoms with E-state index in [2.05, 4.69) is 20.7 Å². The molecule has 0 saturated heterocycles. The van der Waals surface area contributed by atoms with Crippen molar-refractivity contribution in [1.82, 2.24) is 4.72 Å². The Kier molecular flexibility index (Phi) is 6.79. The molecule has 0 atom stereocenters. The van der Waals surface area contributed by atoms with Gasteiger partial charge < -0.3 is 15.1 Å². The maximum atomic E-state index is 12.8. The lowest BCUT2D eigenvalue weighted by Gasteiger charge is -2.17. The minimum absolute atomic E-state index is 0.132. The zero-order valence-corrected chi connectivity index (χ0v) is 20.7. The highest BCUT2D eigenvalue weighted by Crippen LogP contribution is 2.34. The third-order valence-corrected chi connectivity index (χ3v) is 7.86. The van der Waals surface area contributed by atoms with E-state index in [-0.39, 0.29) is 28.3 Å². The van der Waals surface area contributed by atoms with Crippen LogP contribution in [0.1, 0.15) is 16.7 Å². The van der Waals surface area contributed by atoms with E-state index in [0.29, 0.717) is 28.6 Å². The molecule has 34 heavy (non-hydrogen) atoms. The number of carbonyl (C=O) groups is 1. The normalized spacial score (nSPS) is 13.8. The summed E-state index contributed by atoms with van der Waals surface area (Å²) < 4.78 is 28.8. The van der Waals surface area contributed by atoms with E-state index < -0.39 is 10.0 Å². The maximum Gasteiger partial charge on any atom is 0.250 e. The van der Waals surface area contributed by atoms with Gasteiger partial charge in [0.2, 0.25) is 10.0 Å². The summed E-state index contributed by atoms with van der Waals surface area (Å²) in [7, 11) is -2.12. The SMILES string of the molecule is CN(C(=O)C=Cc1cc(O)c(O)c(Br)c1)c1ccc(S(=O)(=O)NC2Cc3ccccc3C2)cc1. The molecule has 1 aliphatic rings. The number of phenols is 2. The van der Waals surface area contributed by atoms with Crippen LogP contribution >= 0.6 is 15.9 Å². The molecule has 7 nitrogen and oxygen atoms in total. The molecular formula is C25H23BrN2O5S. The molecule has 3 N–H and O–H groups in total. The lowest BCUT2D eigenvalue weighted by atomic mass is 10.1. The second-order valence-electron chi connectivity index (χ2n) is 8.09. The Balaban J connectivity index is 1.42. The molecule has 0 saturated carbocycles. The zero-order chi connectivity index (χ0) is 24.5. The molecule has 0 aliphatic heterocycles. The standard InChI is InChI=1S/C25H23BrN2O5S/c1-28(24(30)11-6-16-12-22(26)25(31)23(29)13-16)20-7-9-21(10-8-20)34(32,33)27-19-14-17-4-2-3-5-18(17)15-19/h2-13,19,27,29,31H,14-15H2,1H3. The molecule has 0 spiro atoms. The first-order valence-corrected chi connectivity index (χ1v) is 12.8. The van der Waals surface area contributed by atoms with Crippen LogP contribution in [0.4, 0.5) is 5.69 Å². The predicted octanol–water partition coefficient (Wildman–Crippen LogP) is 3.98. The average Bonchev–Trinajstić information content (AvgIpc) is 3.22. The van der Waals surface area contributed by atoms with E-state index >= 15 is 0 Å². The van der Waals surface area contributed by atoms with Gasteiger partial charge in [-0.05, 0) is 87.9 Å². The van der Waals surface area contributed by atoms with Gasteiger partial charge in [-0.2, -0.15) is 0 Å². The number of benzene rings is 3. The molecule has 0 fully saturated rings. The number of nitrogens with zero attached hydrogens (tertiary/aromatic N) is 1. The van der Waals surface area contributed by atoms with E-state index in [1.807, 2.05) is 24.3 Å². The van der Waals surface area contributed by atoms with Gasteiger partial charge >= 0.3 is 0 Å². The Morgan fingerprint density at radius 1 is 1.06 bits per heavy atom. The third kappa shape index (κ3) is 5.16. The van der Waals surface area contributed by atoms with E-state index in [1.54, 1.807) is 25.2 Å². The molecule has 0 aromatic heterocycles. The predicted molar refractivity (Wildman–Crippen MR) is 134 cm³/mol. The quantitative estimate of drug-likeness (QED) is 0.322. The molecule has 3 aromatic rings. The van der Waals surface area contributed by atoms with Crippen molar-refractivity contribution in [2.24, 2.45) is 0 Å². The van der Waals surface area contributed by atoms with Crippen LogP contribution in [0.5, 0.6) is 11.5 Å². The Morgan fingerprint density at radius 2 is 1.68 bits per heavy atom. The molecule has 4 rings (SSSR count). The Bertz CT molecular complexity index is 1320. The number of sulfonamides is 1. The van der Waals surface area contributed by atoms with Crippen LogP contribution < -0.4 is 9.62 Å². The zero-order valence-electron chi connectivity index (χ0n) is 18.3. The topological polar surface area (TPSA) is 107 Å². The summed E-state index contributed by atoms with van der Waals surface area (Å²) in [6.45, 7) is 0. The number of rotatable bonds is 6. The Morgan fingerprint density at radius 3 is 2.26 bits per heavy atom. The number of halogens is 1. The number of aromatic hydroxyl groups is 2. The largest absolute Gasteiger partial charge is 0.504 e. The van der Waals surface area contributed by atoms with Crippen molar-refractivity contribution < 1.29 is 23.4 Å². The molecule has 0 heterocycles. The van der Waals surface area contributed by atoms with Crippen LogP contribution in [0.15, 0.2) is 76.1 Å². The number of nitrogens with one attached hydrogen (secondary N) is 1. The summed E-state index contributed by atoms with van der Waals surface area (Å²) in [6.07, 6.45) is 4.15. The molecule has 9 heteroatoms. The van der Waals surface area contributed by atoms with Crippen molar-refractivity contribution in [1.29, 1.82) is 0 Å². The second-order valence-corrected chi connectivity index (χ2v) is 10.7. The average molecular weight is 543 g/mol. The molecule has 3 aromatic carbocycles. The summed E-state index contributed by atoms with van der Waals surface area (Å²) in [5.41, 5.74) is 3.37. The highest BCUT2D eigenvalue weighted by Gasteiger charge is 2.26. The fourth-order valence-electron chi connectivity index (χ4n) is 3.89. The molecule has 1 amide bonds. The van der Waals surface area contributed by atoms with Gasteiger partial charge in [0.25, 0.3) is 5.91 Å². The number of carbonyl (C=O) groups excluding carboxylic acids is 1. The first-order valence-electron chi connectivity index (χ1n) is 10.5. The van der Waals surface area contributed by atoms with Crippen molar-refractivity contribution in [2.75, 3.05) is 11.9 Å². The first-order chi connectivity index (χ1) is 16.1. The van der Waals surface area contributed by atoms with Crippen molar-refractivity contribution in [3.05, 3.63) is 87.9 Å². The van der Waals surface area contributed by atoms with Gasteiger partial charge in [-0.25, -0.2) is 13.1 Å². The summed E-state index contributed by atoms with van der Waals surface area (Å²) in [4.78, 5) is 14.1. The van der Waals surface area contributed by atoms with Crippen molar-refractivity contribution >= 4 is 43.6 Å². The lowest BCUT2D eigenvalue weighted by molar-refractivity contribution is -0.113. The fraction of sp³-hybridized carbons (Fsp3) is 0.160. The Labute approximate surface area is 206 Å². The van der Waals surface area contributed by atoms with E-state index in [0.717, 1.165) is 11.1 Å². The van der Waals surface area contributed by atoms with E-state index in [4.69, 9.17) is 0 Å². The first kappa shape index (κ1) is 24.0. The molecule has 176 valence electrons. The van der Waals surface area contributed by atoms with Crippen molar-refractivity contribution in [3.63, 3.8) is 0 Å². The molecule has 0 unspecified atom stereocenters. The smallest absolute Gasteiger partial charge is 0.250 e. The van der Waals surface area contributed by atoms with Crippen LogP contribution in [-0.4, -0.2) is 37.6 Å². The van der Waals surface area contributed by atoms with Gasteiger partial charge in [0, 0.05) is 24.9 Å². The molecular weight excluding hydrogens is 520 g/mol. The highest BCUT2D eigenvalue weighted by atomic mass is 79.9. The minimum atomic E-state index is -3.70. The van der Waals surface area contributed by atoms with Crippen LogP contribution in [0.3, 0.4) is 0 Å². The minimum Gasteiger partial charge on any atom is -0.504 e. The van der Waals surface area contributed by atoms with Crippen molar-refractivity contribution in [3.8, 4) is 11.5 Å². The number of anilines is 1. The number of phenolic OH excluding ortho intramolecular Hbond substituents is 2. The summed E-state index contributed by atoms with van der Waals surface area (Å²) in [5, 5.41) is 19.3. The summed E-state index contributed by atoms with van der Waals surface area (Å²) in [6, 6.07) is 16.8. The Hall–Kier alpha value is -3.14. The fourth-order valence-corrected chi connectivity index (χ4v) is 5.59. The van der Waals surface area contributed by atoms with Gasteiger partial charge in [0.15, 0.2) is 11.5 Å². The van der Waals surface area contributed by atoms with Crippen LogP contribution in [0.25, 0.3) is 6.08 Å². The second kappa shape index (κ2) is 9.61.